The first-order valence-electron chi connectivity index (χ1n) is 23.3. The van der Waals surface area contributed by atoms with Crippen LogP contribution < -0.4 is 22.9 Å². The lowest BCUT2D eigenvalue weighted by Crippen LogP contribution is -2.52. The Balaban J connectivity index is 0.000000310. The summed E-state index contributed by atoms with van der Waals surface area (Å²) in [5.41, 5.74) is 23.7. The predicted molar refractivity (Wildman–Crippen MR) is 277 cm³/mol. The first kappa shape index (κ1) is 60.6. The molecule has 0 saturated carbocycles. The average Bonchev–Trinajstić information content (AvgIpc) is 4.15. The Morgan fingerprint density at radius 2 is 1.23 bits per heavy atom. The lowest BCUT2D eigenvalue weighted by atomic mass is 9.80. The molecule has 24 heteroatoms. The predicted octanol–water partition coefficient (Wildman–Crippen LogP) is 5.72. The number of aliphatic hydroxyl groups is 4. The van der Waals surface area contributed by atoms with E-state index in [-0.39, 0.29) is 37.4 Å². The maximum atomic E-state index is 10.7. The molecule has 0 unspecified atom stereocenters. The third-order valence-electron chi connectivity index (χ3n) is 12.0. The number of nitrogens with two attached hydrogens (primary N) is 4. The second-order valence-electron chi connectivity index (χ2n) is 17.1. The number of aliphatic hydroxyl groups excluding tert-OH is 3. The van der Waals surface area contributed by atoms with Gasteiger partial charge in [0.1, 0.15) is 58.8 Å². The van der Waals surface area contributed by atoms with E-state index in [0.29, 0.717) is 57.2 Å². The molecule has 0 spiro atoms. The van der Waals surface area contributed by atoms with E-state index in [1.165, 1.54) is 17.5 Å². The van der Waals surface area contributed by atoms with Crippen molar-refractivity contribution in [1.29, 1.82) is 5.26 Å². The van der Waals surface area contributed by atoms with Crippen LogP contribution in [0.15, 0.2) is 115 Å². The summed E-state index contributed by atoms with van der Waals surface area (Å²) < 4.78 is 61.5. The SMILES string of the molecule is C.CCO.CC[B]F.C[C@@]1(O)[C@H](O)[C@@H](CO)O[C@@]1(C#N)c1ccc2c(N)nc(N)nn12.C[C@@]1(OCc2ccccc2)[C@H](OCc2ccccc2)[C@@H](COCc2ccccc2)O[C@H]1c1ccc2c(N)nc(N)nn12.FF. The number of halogens is 3. The third kappa shape index (κ3) is 13.7. The fourth-order valence-electron chi connectivity index (χ4n) is 8.45. The molecule has 0 amide bonds. The van der Waals surface area contributed by atoms with Crippen molar-refractivity contribution in [2.45, 2.75) is 109 Å². The van der Waals surface area contributed by atoms with Crippen molar-refractivity contribution < 1.29 is 57.6 Å². The highest BCUT2D eigenvalue weighted by molar-refractivity contribution is 6.25. The molecular formula is C51H66BF3N11O9. The van der Waals surface area contributed by atoms with Crippen LogP contribution in [0.5, 0.6) is 0 Å². The lowest BCUT2D eigenvalue weighted by molar-refractivity contribution is -0.148. The number of nitrogen functional groups attached to an aromatic ring is 4. The molecule has 1 radical (unpaired) electrons. The van der Waals surface area contributed by atoms with Crippen molar-refractivity contribution >= 4 is 42.1 Å². The van der Waals surface area contributed by atoms with Crippen LogP contribution in [0.25, 0.3) is 11.0 Å². The van der Waals surface area contributed by atoms with Crippen molar-refractivity contribution in [2.24, 2.45) is 0 Å². The maximum Gasteiger partial charge on any atom is 0.354 e. The van der Waals surface area contributed by atoms with Gasteiger partial charge in [-0.05, 0) is 68.0 Å². The van der Waals surface area contributed by atoms with Gasteiger partial charge in [0, 0.05) is 15.8 Å². The number of aromatic nitrogens is 6. The van der Waals surface area contributed by atoms with Crippen molar-refractivity contribution in [3.8, 4) is 6.07 Å². The van der Waals surface area contributed by atoms with Gasteiger partial charge in [-0.1, -0.05) is 105 Å². The van der Waals surface area contributed by atoms with Crippen LogP contribution >= 0.6 is 0 Å². The Morgan fingerprint density at radius 3 is 1.72 bits per heavy atom. The summed E-state index contributed by atoms with van der Waals surface area (Å²) in [5, 5.41) is 56.0. The molecule has 0 aliphatic carbocycles. The number of rotatable bonds is 14. The molecule has 2 fully saturated rings. The van der Waals surface area contributed by atoms with Gasteiger partial charge in [-0.3, -0.25) is 0 Å². The zero-order chi connectivity index (χ0) is 54.1. The Morgan fingerprint density at radius 1 is 0.747 bits per heavy atom. The summed E-state index contributed by atoms with van der Waals surface area (Å²) in [6.45, 7) is 7.90. The molecule has 4 aromatic heterocycles. The fourth-order valence-corrected chi connectivity index (χ4v) is 8.45. The van der Waals surface area contributed by atoms with Gasteiger partial charge in [0.2, 0.25) is 17.5 Å². The van der Waals surface area contributed by atoms with Crippen LogP contribution in [0, 0.1) is 11.3 Å². The summed E-state index contributed by atoms with van der Waals surface area (Å²) >= 11 is 0. The third-order valence-corrected chi connectivity index (χ3v) is 12.0. The number of nitrogens with zero attached hydrogens (tertiary/aromatic N) is 7. The van der Waals surface area contributed by atoms with E-state index < -0.39 is 53.9 Å². The summed E-state index contributed by atoms with van der Waals surface area (Å²) in [7, 11) is 0.625. The first-order chi connectivity index (χ1) is 35.6. The molecule has 12 N–H and O–H groups in total. The second kappa shape index (κ2) is 28.1. The molecule has 7 aromatic rings. The van der Waals surface area contributed by atoms with Gasteiger partial charge < -0.3 is 71.4 Å². The van der Waals surface area contributed by atoms with E-state index in [2.05, 4.69) is 20.2 Å². The molecule has 75 heavy (non-hydrogen) atoms. The number of hydrogen-bond donors (Lipinski definition) is 8. The number of fused-ring (bicyclic) bond motifs is 2. The Bertz CT molecular complexity index is 2850. The van der Waals surface area contributed by atoms with Gasteiger partial charge >= 0.3 is 7.56 Å². The number of nitriles is 1. The smallest absolute Gasteiger partial charge is 0.354 e. The Labute approximate surface area is 433 Å². The summed E-state index contributed by atoms with van der Waals surface area (Å²) in [6, 6.07) is 38.9. The van der Waals surface area contributed by atoms with Crippen molar-refractivity contribution in [3.63, 3.8) is 0 Å². The minimum atomic E-state index is -2.00. The van der Waals surface area contributed by atoms with Crippen LogP contribution in [-0.2, 0) is 49.1 Å². The van der Waals surface area contributed by atoms with Crippen molar-refractivity contribution in [2.75, 3.05) is 42.8 Å². The Kier molecular flexibility index (Phi) is 22.7. The molecule has 2 aliphatic rings. The van der Waals surface area contributed by atoms with Gasteiger partial charge in [-0.15, -0.1) is 10.2 Å². The van der Waals surface area contributed by atoms with Gasteiger partial charge in [0.25, 0.3) is 0 Å². The highest BCUT2D eigenvalue weighted by Gasteiger charge is 2.65. The van der Waals surface area contributed by atoms with Crippen LogP contribution in [0.2, 0.25) is 6.32 Å². The van der Waals surface area contributed by atoms with Crippen LogP contribution in [-0.4, -0.2) is 113 Å². The van der Waals surface area contributed by atoms with Crippen LogP contribution in [0.1, 0.15) is 69.3 Å². The molecule has 20 nitrogen and oxygen atoms in total. The topological polar surface area (TPSA) is 315 Å². The van der Waals surface area contributed by atoms with E-state index >= 15 is 0 Å². The minimum Gasteiger partial charge on any atom is -0.397 e. The molecule has 8 atom stereocenters. The number of benzene rings is 3. The van der Waals surface area contributed by atoms with Crippen molar-refractivity contribution in [1.82, 2.24) is 29.2 Å². The molecule has 3 aromatic carbocycles. The number of ether oxygens (including phenoxy) is 5. The summed E-state index contributed by atoms with van der Waals surface area (Å²) in [5.74, 6) is 0.325. The largest absolute Gasteiger partial charge is 0.397 e. The average molecular weight is 1040 g/mol. The monoisotopic (exact) mass is 1040 g/mol. The first-order valence-corrected chi connectivity index (χ1v) is 23.3. The van der Waals surface area contributed by atoms with Crippen molar-refractivity contribution in [3.05, 3.63) is 143 Å². The molecule has 9 rings (SSSR count). The van der Waals surface area contributed by atoms with Crippen LogP contribution in [0.4, 0.5) is 37.0 Å². The summed E-state index contributed by atoms with van der Waals surface area (Å²) in [4.78, 5) is 7.94. The van der Waals surface area contributed by atoms with Gasteiger partial charge in [0.05, 0.1) is 44.4 Å². The number of hydrogen-bond acceptors (Lipinski definition) is 18. The molecule has 6 heterocycles. The van der Waals surface area contributed by atoms with Gasteiger partial charge in [-0.2, -0.15) is 15.2 Å². The van der Waals surface area contributed by atoms with E-state index in [0.717, 1.165) is 22.4 Å². The van der Waals surface area contributed by atoms with Gasteiger partial charge in [0.15, 0.2) is 11.6 Å². The highest BCUT2D eigenvalue weighted by Crippen LogP contribution is 2.48. The maximum absolute atomic E-state index is 10.7. The highest BCUT2D eigenvalue weighted by atomic mass is 20.0. The minimum absolute atomic E-state index is 0. The molecule has 403 valence electrons. The zero-order valence-electron chi connectivity index (χ0n) is 41.3. The van der Waals surface area contributed by atoms with E-state index in [1.807, 2.05) is 116 Å². The standard InChI is InChI=1S/C33H35N5O4.C13H16N6O4.C2H5BF.C2H6O.CH4.F2/c1-33(41-21-25-15-9-4-10-16-25)29(26-17-18-27-31(34)36-32(35)37-38(26)27)42-28(22-39-19-23-11-5-2-6-12-23)30(33)40-20-24-13-7-3-8-14-24;1-12(22)9(21)7(4-20)23-13(12,5-14)8-3-2-6-10(15)17-11(16)18-19(6)8;1-2-3-4;1-2-3;;1-2/h2-18,28-30H,19-22H2,1H3,(H4,34,35,36,37);2-3,7,9,20-22H,4H2,1H3,(H4,15,16,17,18);2H2,1H3;3H,2H2,1H3;1H4;/t28-,29+,30-,33+;7-,9-,12-,13+;;;;/m11..../s1. The lowest BCUT2D eigenvalue weighted by Gasteiger charge is -2.35. The second-order valence-corrected chi connectivity index (χ2v) is 17.1. The summed E-state index contributed by atoms with van der Waals surface area (Å²) in [6.07, 6.45) is -3.58. The van der Waals surface area contributed by atoms with E-state index in [1.54, 1.807) is 24.4 Å². The number of anilines is 4. The van der Waals surface area contributed by atoms with Gasteiger partial charge in [-0.25, -0.2) is 9.03 Å². The normalized spacial score (nSPS) is 23.4. The van der Waals surface area contributed by atoms with E-state index in [4.69, 9.17) is 60.9 Å². The molecular weight excluding hydrogens is 978 g/mol. The van der Waals surface area contributed by atoms with E-state index in [9.17, 15) is 24.9 Å². The fraction of sp³-hybridized carbons (Fsp3) is 0.392. The Hall–Kier alpha value is -6.92. The van der Waals surface area contributed by atoms with Crippen LogP contribution in [0.3, 0.4) is 0 Å². The molecule has 0 bridgehead atoms. The quantitative estimate of drug-likeness (QED) is 0.0604. The molecule has 2 aliphatic heterocycles. The zero-order valence-corrected chi connectivity index (χ0v) is 41.3. The molecule has 2 saturated heterocycles.